The van der Waals surface area contributed by atoms with Crippen molar-refractivity contribution in [2.24, 2.45) is 0 Å². The zero-order valence-corrected chi connectivity index (χ0v) is 4.05. The van der Waals surface area contributed by atoms with Gasteiger partial charge in [-0.05, 0) is 0 Å². The third kappa shape index (κ3) is 1.05. The van der Waals surface area contributed by atoms with Crippen LogP contribution in [0.5, 0.6) is 0 Å². The van der Waals surface area contributed by atoms with Crippen LogP contribution in [-0.4, -0.2) is 18.2 Å². The van der Waals surface area contributed by atoms with Crippen LogP contribution in [0.2, 0.25) is 1.41 Å². The molecule has 1 aliphatic rings. The maximum absolute atomic E-state index is 10.9. The molecule has 1 N–H and O–H groups in total. The molecule has 0 aromatic heterocycles. The molecule has 3 nitrogen and oxygen atoms in total. The van der Waals surface area contributed by atoms with Gasteiger partial charge >= 0.3 is 0 Å². The van der Waals surface area contributed by atoms with E-state index in [2.05, 4.69) is 0 Å². The van der Waals surface area contributed by atoms with E-state index in [4.69, 9.17) is 5.52 Å². The van der Waals surface area contributed by atoms with Crippen LogP contribution in [0.15, 0.2) is 0 Å². The lowest BCUT2D eigenvalue weighted by atomic mass is 10.1. The number of rotatable bonds is 0. The van der Waals surface area contributed by atoms with E-state index in [-0.39, 0.29) is 5.31 Å². The normalized spacial score (nSPS) is 44.5. The molecule has 0 aromatic rings. The summed E-state index contributed by atoms with van der Waals surface area (Å²) in [4.78, 5) is 21.7. The third-order valence-corrected chi connectivity index (χ3v) is 0.735. The summed E-state index contributed by atoms with van der Waals surface area (Å²) in [5.74, 6) is -1.86. The average Bonchev–Trinajstić information content (AvgIpc) is 1.99. The number of hydrogen-bond acceptors (Lipinski definition) is 2. The van der Waals surface area contributed by atoms with E-state index in [0.717, 1.165) is 0 Å². The van der Waals surface area contributed by atoms with Gasteiger partial charge < -0.3 is 5.31 Å². The Labute approximate surface area is 52.7 Å². The first-order chi connectivity index (χ1) is 5.37. The van der Waals surface area contributed by atoms with E-state index >= 15 is 0 Å². The lowest BCUT2D eigenvalue weighted by Crippen LogP contribution is -2.34. The Morgan fingerprint density at radius 1 is 1.75 bits per heavy atom. The van der Waals surface area contributed by atoms with Crippen molar-refractivity contribution >= 4 is 11.7 Å². The molecule has 3 heteroatoms. The highest BCUT2D eigenvalue weighted by atomic mass is 16.2. The Morgan fingerprint density at radius 2 is 2.50 bits per heavy atom. The van der Waals surface area contributed by atoms with Crippen molar-refractivity contribution in [1.82, 2.24) is 5.31 Å². The molecular formula is C5H7NO2. The van der Waals surface area contributed by atoms with E-state index in [9.17, 15) is 9.59 Å². The molecular weight excluding hydrogens is 106 g/mol. The number of hydrogen-bond donors (Lipinski definition) is 1. The van der Waals surface area contributed by atoms with Crippen LogP contribution < -0.4 is 5.31 Å². The molecule has 0 radical (unpaired) electrons. The highest BCUT2D eigenvalue weighted by Crippen LogP contribution is 1.95. The molecule has 1 aliphatic heterocycles. The molecule has 44 valence electrons. The van der Waals surface area contributed by atoms with Crippen molar-refractivity contribution in [2.75, 3.05) is 6.54 Å². The summed E-state index contributed by atoms with van der Waals surface area (Å²) in [7, 11) is 0. The van der Waals surface area contributed by atoms with Gasteiger partial charge in [0.05, 0.1) is 6.54 Å². The van der Waals surface area contributed by atoms with Crippen molar-refractivity contribution < 1.29 is 15.1 Å². The van der Waals surface area contributed by atoms with E-state index in [1.165, 1.54) is 0 Å². The highest BCUT2D eigenvalue weighted by Gasteiger charge is 2.12. The van der Waals surface area contributed by atoms with E-state index in [1.807, 2.05) is 0 Å². The van der Waals surface area contributed by atoms with Crippen molar-refractivity contribution in [3.63, 3.8) is 0 Å². The van der Waals surface area contributed by atoms with E-state index in [1.54, 1.807) is 0 Å². The molecule has 1 saturated heterocycles. The molecule has 1 amide bonds. The van der Waals surface area contributed by atoms with Crippen LogP contribution in [0.25, 0.3) is 0 Å². The summed E-state index contributed by atoms with van der Waals surface area (Å²) in [6.07, 6.45) is -4.23. The summed E-state index contributed by atoms with van der Waals surface area (Å²) in [5, 5.41) is 0.257. The number of piperidine rings is 1. The summed E-state index contributed by atoms with van der Waals surface area (Å²) in [6.45, 7) is -0.494. The first-order valence-electron chi connectivity index (χ1n) is 4.15. The average molecular weight is 117 g/mol. The fourth-order valence-electron chi connectivity index (χ4n) is 0.383. The smallest absolute Gasteiger partial charge is 0.220 e. The van der Waals surface area contributed by atoms with Crippen LogP contribution >= 0.6 is 0 Å². The first kappa shape index (κ1) is 2.17. The third-order valence-electron chi connectivity index (χ3n) is 0.735. The molecule has 0 spiro atoms. The minimum atomic E-state index is -2.54. The second-order valence-electron chi connectivity index (χ2n) is 1.38. The number of carbonyl (C=O) groups excluding carboxylic acids is 2. The number of carbonyl (C=O) groups is 2. The first-order valence-corrected chi connectivity index (χ1v) is 2.13. The second-order valence-corrected chi connectivity index (χ2v) is 1.38. The van der Waals surface area contributed by atoms with Gasteiger partial charge in [-0.3, -0.25) is 9.59 Å². The van der Waals surface area contributed by atoms with Gasteiger partial charge in [0, 0.05) is 16.9 Å². The second kappa shape index (κ2) is 1.94. The zero-order chi connectivity index (χ0) is 9.52. The molecule has 1 atom stereocenters. The number of Topliss-reactive ketones (excluding diaryl/α,β-unsaturated/α-hetero) is 1. The van der Waals surface area contributed by atoms with Gasteiger partial charge in [0.2, 0.25) is 5.91 Å². The molecule has 0 bridgehead atoms. The van der Waals surface area contributed by atoms with Gasteiger partial charge in [-0.25, -0.2) is 0 Å². The largest absolute Gasteiger partial charge is 0.349 e. The summed E-state index contributed by atoms with van der Waals surface area (Å²) in [6, 6.07) is 0. The molecule has 1 rings (SSSR count). The Hall–Kier alpha value is -0.860. The summed E-state index contributed by atoms with van der Waals surface area (Å²) < 4.78 is 28.0. The van der Waals surface area contributed by atoms with Crippen molar-refractivity contribution in [3.8, 4) is 0 Å². The van der Waals surface area contributed by atoms with Crippen LogP contribution in [0, 0.1) is 0 Å². The Kier molecular flexibility index (Phi) is 0.526. The van der Waals surface area contributed by atoms with Gasteiger partial charge in [-0.1, -0.05) is 0 Å². The van der Waals surface area contributed by atoms with E-state index in [0.29, 0.717) is 0 Å². The minimum Gasteiger partial charge on any atom is -0.349 e. The van der Waals surface area contributed by atoms with Gasteiger partial charge in [0.1, 0.15) is 0 Å². The lowest BCUT2D eigenvalue weighted by Gasteiger charge is -2.08. The van der Waals surface area contributed by atoms with Crippen molar-refractivity contribution in [3.05, 3.63) is 0 Å². The number of nitrogens with one attached hydrogen (secondary N) is 1. The molecule has 0 aromatic carbocycles. The molecule has 1 fully saturated rings. The molecule has 1 unspecified atom stereocenters. The maximum Gasteiger partial charge on any atom is 0.220 e. The molecule has 0 aliphatic carbocycles. The topological polar surface area (TPSA) is 46.2 Å². The Balaban J connectivity index is 2.97. The fourth-order valence-corrected chi connectivity index (χ4v) is 0.383. The van der Waals surface area contributed by atoms with Crippen LogP contribution in [0.3, 0.4) is 0 Å². The summed E-state index contributed by atoms with van der Waals surface area (Å²) in [5.41, 5.74) is 0. The van der Waals surface area contributed by atoms with Gasteiger partial charge in [-0.2, -0.15) is 0 Å². The Bertz CT molecular complexity index is 242. The standard InChI is InChI=1S/C5H7NO2/c7-4-1-2-5(8)6-3-4/h1-3H2,(H,6,8)/i1D,2D2/hD. The Morgan fingerprint density at radius 3 is 3.25 bits per heavy atom. The maximum atomic E-state index is 10.9. The van der Waals surface area contributed by atoms with Crippen LogP contribution in [0.1, 0.15) is 16.9 Å². The van der Waals surface area contributed by atoms with Gasteiger partial charge in [0.15, 0.2) is 7.20 Å². The predicted molar refractivity (Wildman–Crippen MR) is 27.3 cm³/mol. The zero-order valence-electron chi connectivity index (χ0n) is 8.05. The monoisotopic (exact) mass is 117 g/mol. The molecule has 1 heterocycles. The van der Waals surface area contributed by atoms with E-state index < -0.39 is 31.0 Å². The van der Waals surface area contributed by atoms with Gasteiger partial charge in [-0.15, -0.1) is 0 Å². The number of amides is 1. The lowest BCUT2D eigenvalue weighted by molar-refractivity contribution is -0.129. The van der Waals surface area contributed by atoms with Crippen molar-refractivity contribution in [1.29, 1.82) is 0 Å². The van der Waals surface area contributed by atoms with Crippen LogP contribution in [-0.2, 0) is 9.59 Å². The molecule has 8 heavy (non-hydrogen) atoms. The quantitative estimate of drug-likeness (QED) is 0.463. The minimum absolute atomic E-state index is 0.257. The van der Waals surface area contributed by atoms with Crippen LogP contribution in [0.4, 0.5) is 0 Å². The highest BCUT2D eigenvalue weighted by molar-refractivity contribution is 5.92. The van der Waals surface area contributed by atoms with Crippen molar-refractivity contribution in [2.45, 2.75) is 12.8 Å². The number of ketones is 1. The molecule has 0 saturated carbocycles. The fraction of sp³-hybridized carbons (Fsp3) is 0.600. The SMILES string of the molecule is [2H]C1C(=O)CN([2H])C(=O)C1([2H])[2H]. The summed E-state index contributed by atoms with van der Waals surface area (Å²) >= 11 is 0. The predicted octanol–water partition coefficient (Wildman–Crippen LogP) is -0.535. The van der Waals surface area contributed by atoms with Gasteiger partial charge in [0.25, 0.3) is 0 Å².